The first kappa shape index (κ1) is 19.1. The first-order valence-corrected chi connectivity index (χ1v) is 9.13. The summed E-state index contributed by atoms with van der Waals surface area (Å²) in [5.41, 5.74) is 0.747. The van der Waals surface area contributed by atoms with Crippen LogP contribution in [0.15, 0.2) is 75.9 Å². The summed E-state index contributed by atoms with van der Waals surface area (Å²) in [5, 5.41) is 7.60. The fourth-order valence-corrected chi connectivity index (χ4v) is 2.95. The van der Waals surface area contributed by atoms with Crippen molar-refractivity contribution < 1.29 is 18.7 Å². The van der Waals surface area contributed by atoms with Crippen LogP contribution in [0.4, 0.5) is 5.82 Å². The molecular weight excluding hydrogens is 386 g/mol. The fraction of sp³-hybridized carbons (Fsp3) is 0.0909. The molecule has 0 spiro atoms. The summed E-state index contributed by atoms with van der Waals surface area (Å²) in [5.74, 6) is -1.06. The number of benzene rings is 2. The highest BCUT2D eigenvalue weighted by Crippen LogP contribution is 2.17. The molecule has 4 rings (SSSR count). The third kappa shape index (κ3) is 3.97. The van der Waals surface area contributed by atoms with Gasteiger partial charge < -0.3 is 14.5 Å². The van der Waals surface area contributed by atoms with Crippen LogP contribution in [0.3, 0.4) is 0 Å². The van der Waals surface area contributed by atoms with E-state index in [9.17, 15) is 14.4 Å². The van der Waals surface area contributed by atoms with Gasteiger partial charge in [-0.3, -0.25) is 4.79 Å². The summed E-state index contributed by atoms with van der Waals surface area (Å²) in [4.78, 5) is 36.6. The van der Waals surface area contributed by atoms with E-state index < -0.39 is 24.1 Å². The molecule has 0 bridgehead atoms. The maximum Gasteiger partial charge on any atom is 0.351 e. The smallest absolute Gasteiger partial charge is 0.351 e. The van der Waals surface area contributed by atoms with Crippen LogP contribution in [-0.2, 0) is 9.53 Å². The zero-order valence-electron chi connectivity index (χ0n) is 16.0. The number of hydrogen-bond donors (Lipinski definition) is 1. The quantitative estimate of drug-likeness (QED) is 0.406. The van der Waals surface area contributed by atoms with Crippen molar-refractivity contribution in [3.63, 3.8) is 0 Å². The van der Waals surface area contributed by atoms with E-state index in [-0.39, 0.29) is 5.56 Å². The van der Waals surface area contributed by atoms with E-state index in [0.717, 1.165) is 5.69 Å². The maximum absolute atomic E-state index is 12.3. The Labute approximate surface area is 170 Å². The van der Waals surface area contributed by atoms with Crippen LogP contribution in [0.5, 0.6) is 0 Å². The number of para-hydroxylation sites is 2. The van der Waals surface area contributed by atoms with Gasteiger partial charge in [0.1, 0.15) is 17.0 Å². The van der Waals surface area contributed by atoms with E-state index in [0.29, 0.717) is 22.5 Å². The molecule has 0 aliphatic carbocycles. The number of aromatic nitrogens is 2. The summed E-state index contributed by atoms with van der Waals surface area (Å²) >= 11 is 0. The van der Waals surface area contributed by atoms with Crippen molar-refractivity contribution in [1.82, 2.24) is 9.78 Å². The zero-order chi connectivity index (χ0) is 21.1. The van der Waals surface area contributed by atoms with Gasteiger partial charge in [-0.1, -0.05) is 36.4 Å². The number of rotatable bonds is 5. The molecule has 0 saturated carbocycles. The van der Waals surface area contributed by atoms with E-state index in [1.54, 1.807) is 41.9 Å². The van der Waals surface area contributed by atoms with Gasteiger partial charge in [0.05, 0.1) is 11.4 Å². The lowest BCUT2D eigenvalue weighted by Crippen LogP contribution is -2.24. The second-order valence-electron chi connectivity index (χ2n) is 6.53. The Balaban J connectivity index is 1.45. The predicted octanol–water partition coefficient (Wildman–Crippen LogP) is 3.08. The average Bonchev–Trinajstić information content (AvgIpc) is 3.12. The van der Waals surface area contributed by atoms with Gasteiger partial charge in [-0.25, -0.2) is 14.3 Å². The van der Waals surface area contributed by atoms with Crippen molar-refractivity contribution in [3.05, 3.63) is 88.4 Å². The summed E-state index contributed by atoms with van der Waals surface area (Å²) < 4.78 is 11.7. The van der Waals surface area contributed by atoms with Crippen LogP contribution in [-0.4, -0.2) is 28.3 Å². The topological polar surface area (TPSA) is 103 Å². The number of nitrogens with zero attached hydrogens (tertiary/aromatic N) is 2. The maximum atomic E-state index is 12.3. The molecule has 0 saturated heterocycles. The molecular formula is C22H17N3O5. The van der Waals surface area contributed by atoms with Crippen LogP contribution in [0.1, 0.15) is 16.1 Å². The molecule has 2 heterocycles. The van der Waals surface area contributed by atoms with Crippen molar-refractivity contribution in [1.29, 1.82) is 0 Å². The standard InChI is InChI=1S/C22H17N3O5/c1-14-11-19(25(24-14)16-8-3-2-4-9-16)23-20(26)13-29-21(27)17-12-15-7-5-6-10-18(15)30-22(17)28/h2-12H,13H2,1H3,(H,23,26). The SMILES string of the molecule is Cc1cc(NC(=O)COC(=O)c2cc3ccccc3oc2=O)n(-c2ccccc2)n1. The van der Waals surface area contributed by atoms with Gasteiger partial charge in [-0.2, -0.15) is 5.10 Å². The first-order chi connectivity index (χ1) is 14.5. The van der Waals surface area contributed by atoms with E-state index in [4.69, 9.17) is 9.15 Å². The Morgan fingerprint density at radius 2 is 1.80 bits per heavy atom. The van der Waals surface area contributed by atoms with Crippen molar-refractivity contribution in [3.8, 4) is 5.69 Å². The molecule has 0 aliphatic rings. The summed E-state index contributed by atoms with van der Waals surface area (Å²) in [7, 11) is 0. The molecule has 0 fully saturated rings. The number of fused-ring (bicyclic) bond motifs is 1. The van der Waals surface area contributed by atoms with Crippen LogP contribution >= 0.6 is 0 Å². The van der Waals surface area contributed by atoms with E-state index in [1.807, 2.05) is 30.3 Å². The monoisotopic (exact) mass is 403 g/mol. The number of anilines is 1. The Morgan fingerprint density at radius 1 is 1.07 bits per heavy atom. The summed E-state index contributed by atoms with van der Waals surface area (Å²) in [6, 6.07) is 19.2. The second-order valence-corrected chi connectivity index (χ2v) is 6.53. The predicted molar refractivity (Wildman–Crippen MR) is 110 cm³/mol. The lowest BCUT2D eigenvalue weighted by atomic mass is 10.2. The molecule has 1 N–H and O–H groups in total. The Hall–Kier alpha value is -4.20. The number of aryl methyl sites for hydroxylation is 1. The highest BCUT2D eigenvalue weighted by atomic mass is 16.5. The second kappa shape index (κ2) is 8.04. The fourth-order valence-electron chi connectivity index (χ4n) is 2.95. The minimum atomic E-state index is -0.933. The van der Waals surface area contributed by atoms with Gasteiger partial charge in [0, 0.05) is 11.5 Å². The van der Waals surface area contributed by atoms with Crippen LogP contribution in [0.25, 0.3) is 16.7 Å². The molecule has 2 aromatic heterocycles. The lowest BCUT2D eigenvalue weighted by Gasteiger charge is -2.09. The van der Waals surface area contributed by atoms with Gasteiger partial charge in [-0.15, -0.1) is 0 Å². The van der Waals surface area contributed by atoms with E-state index in [1.165, 1.54) is 6.07 Å². The van der Waals surface area contributed by atoms with Gasteiger partial charge in [0.25, 0.3) is 5.91 Å². The molecule has 0 aliphatic heterocycles. The minimum Gasteiger partial charge on any atom is -0.452 e. The van der Waals surface area contributed by atoms with Gasteiger partial charge in [-0.05, 0) is 31.2 Å². The third-order valence-electron chi connectivity index (χ3n) is 4.30. The zero-order valence-corrected chi connectivity index (χ0v) is 16.0. The molecule has 1 amide bonds. The lowest BCUT2D eigenvalue weighted by molar-refractivity contribution is -0.119. The Bertz CT molecular complexity index is 1290. The van der Waals surface area contributed by atoms with Crippen molar-refractivity contribution in [2.45, 2.75) is 6.92 Å². The molecule has 150 valence electrons. The molecule has 0 atom stereocenters. The van der Waals surface area contributed by atoms with Crippen LogP contribution in [0, 0.1) is 6.92 Å². The minimum absolute atomic E-state index is 0.272. The van der Waals surface area contributed by atoms with Gasteiger partial charge in [0.15, 0.2) is 6.61 Å². The third-order valence-corrected chi connectivity index (χ3v) is 4.30. The average molecular weight is 403 g/mol. The number of esters is 1. The number of nitrogens with one attached hydrogen (secondary N) is 1. The molecule has 0 unspecified atom stereocenters. The Kier molecular flexibility index (Phi) is 5.13. The highest BCUT2D eigenvalue weighted by molar-refractivity contribution is 5.96. The first-order valence-electron chi connectivity index (χ1n) is 9.13. The summed E-state index contributed by atoms with van der Waals surface area (Å²) in [6.07, 6.45) is 0. The Morgan fingerprint density at radius 3 is 2.60 bits per heavy atom. The summed E-state index contributed by atoms with van der Waals surface area (Å²) in [6.45, 7) is 1.23. The molecule has 0 radical (unpaired) electrons. The molecule has 4 aromatic rings. The molecule has 8 nitrogen and oxygen atoms in total. The molecule has 2 aromatic carbocycles. The molecule has 30 heavy (non-hydrogen) atoms. The van der Waals surface area contributed by atoms with Crippen LogP contribution in [0.2, 0.25) is 0 Å². The van der Waals surface area contributed by atoms with Crippen molar-refractivity contribution in [2.75, 3.05) is 11.9 Å². The number of ether oxygens (including phenoxy) is 1. The van der Waals surface area contributed by atoms with E-state index in [2.05, 4.69) is 10.4 Å². The number of hydrogen-bond acceptors (Lipinski definition) is 6. The molecule has 8 heteroatoms. The number of amides is 1. The van der Waals surface area contributed by atoms with Crippen molar-refractivity contribution in [2.24, 2.45) is 0 Å². The van der Waals surface area contributed by atoms with Crippen LogP contribution < -0.4 is 10.9 Å². The number of carbonyl (C=O) groups excluding carboxylic acids is 2. The normalized spacial score (nSPS) is 10.7. The van der Waals surface area contributed by atoms with Gasteiger partial charge in [0.2, 0.25) is 0 Å². The van der Waals surface area contributed by atoms with E-state index >= 15 is 0 Å². The van der Waals surface area contributed by atoms with Gasteiger partial charge >= 0.3 is 11.6 Å². The number of carbonyl (C=O) groups is 2. The highest BCUT2D eigenvalue weighted by Gasteiger charge is 2.17. The largest absolute Gasteiger partial charge is 0.452 e. The van der Waals surface area contributed by atoms with Crippen molar-refractivity contribution >= 4 is 28.7 Å².